The molecule has 1 N–H and O–H groups in total. The molecule has 0 saturated carbocycles. The van der Waals surface area contributed by atoms with Gasteiger partial charge in [-0.3, -0.25) is 0 Å². The standard InChI is InChI=1S/C14H14BrN/c1-11(12-7-9-13(15)10-8-12)16-14-5-3-2-4-6-14/h2-11,16H,1H3. The number of para-hydroxylation sites is 1. The second-order valence-corrected chi connectivity index (χ2v) is 4.70. The predicted octanol–water partition coefficient (Wildman–Crippen LogP) is 4.62. The largest absolute Gasteiger partial charge is 0.379 e. The summed E-state index contributed by atoms with van der Waals surface area (Å²) >= 11 is 3.44. The maximum absolute atomic E-state index is 3.46. The predicted molar refractivity (Wildman–Crippen MR) is 72.6 cm³/mol. The average Bonchev–Trinajstić information content (AvgIpc) is 2.31. The van der Waals surface area contributed by atoms with Gasteiger partial charge in [-0.05, 0) is 36.8 Å². The summed E-state index contributed by atoms with van der Waals surface area (Å²) in [5.74, 6) is 0. The molecule has 2 heteroatoms. The molecule has 0 heterocycles. The molecule has 0 amide bonds. The molecule has 0 fully saturated rings. The van der Waals surface area contributed by atoms with Crippen LogP contribution in [0.4, 0.5) is 5.69 Å². The Balaban J connectivity index is 2.09. The summed E-state index contributed by atoms with van der Waals surface area (Å²) in [4.78, 5) is 0. The zero-order valence-corrected chi connectivity index (χ0v) is 10.7. The molecule has 16 heavy (non-hydrogen) atoms. The van der Waals surface area contributed by atoms with E-state index in [0.717, 1.165) is 10.2 Å². The highest BCUT2D eigenvalue weighted by atomic mass is 79.9. The van der Waals surface area contributed by atoms with Crippen molar-refractivity contribution in [1.82, 2.24) is 0 Å². The van der Waals surface area contributed by atoms with Crippen LogP contribution >= 0.6 is 15.9 Å². The molecule has 2 rings (SSSR count). The van der Waals surface area contributed by atoms with Crippen LogP contribution in [0.1, 0.15) is 18.5 Å². The molecule has 0 aromatic heterocycles. The van der Waals surface area contributed by atoms with Gasteiger partial charge in [0, 0.05) is 16.2 Å². The van der Waals surface area contributed by atoms with Crippen molar-refractivity contribution in [3.05, 3.63) is 64.6 Å². The first-order valence-corrected chi connectivity index (χ1v) is 6.12. The topological polar surface area (TPSA) is 12.0 Å². The Morgan fingerprint density at radius 1 is 0.938 bits per heavy atom. The van der Waals surface area contributed by atoms with Gasteiger partial charge in [-0.25, -0.2) is 0 Å². The van der Waals surface area contributed by atoms with E-state index in [4.69, 9.17) is 0 Å². The molecule has 82 valence electrons. The zero-order valence-electron chi connectivity index (χ0n) is 9.15. The number of rotatable bonds is 3. The Morgan fingerprint density at radius 2 is 1.56 bits per heavy atom. The molecule has 0 aliphatic rings. The van der Waals surface area contributed by atoms with Gasteiger partial charge in [0.15, 0.2) is 0 Å². The van der Waals surface area contributed by atoms with Crippen molar-refractivity contribution >= 4 is 21.6 Å². The minimum atomic E-state index is 0.315. The fourth-order valence-corrected chi connectivity index (χ4v) is 1.88. The summed E-state index contributed by atoms with van der Waals surface area (Å²) in [6.45, 7) is 2.16. The van der Waals surface area contributed by atoms with Gasteiger partial charge in [-0.15, -0.1) is 0 Å². The lowest BCUT2D eigenvalue weighted by molar-refractivity contribution is 0.884. The highest BCUT2D eigenvalue weighted by Crippen LogP contribution is 2.20. The summed E-state index contributed by atoms with van der Waals surface area (Å²) in [6, 6.07) is 19.0. The van der Waals surface area contributed by atoms with Gasteiger partial charge in [0.05, 0.1) is 0 Å². The minimum Gasteiger partial charge on any atom is -0.379 e. The van der Waals surface area contributed by atoms with E-state index in [-0.39, 0.29) is 0 Å². The van der Waals surface area contributed by atoms with E-state index in [1.165, 1.54) is 5.56 Å². The Morgan fingerprint density at radius 3 is 2.19 bits per heavy atom. The van der Waals surface area contributed by atoms with Gasteiger partial charge in [0.1, 0.15) is 0 Å². The first-order valence-electron chi connectivity index (χ1n) is 5.33. The molecule has 2 aromatic rings. The summed E-state index contributed by atoms with van der Waals surface area (Å²) in [6.07, 6.45) is 0. The van der Waals surface area contributed by atoms with Gasteiger partial charge in [-0.1, -0.05) is 46.3 Å². The minimum absolute atomic E-state index is 0.315. The molecule has 0 bridgehead atoms. The van der Waals surface area contributed by atoms with Gasteiger partial charge >= 0.3 is 0 Å². The number of nitrogens with one attached hydrogen (secondary N) is 1. The van der Waals surface area contributed by atoms with Crippen LogP contribution in [0.3, 0.4) is 0 Å². The number of hydrogen-bond acceptors (Lipinski definition) is 1. The van der Waals surface area contributed by atoms with Crippen LogP contribution in [0.2, 0.25) is 0 Å². The third kappa shape index (κ3) is 2.86. The van der Waals surface area contributed by atoms with E-state index >= 15 is 0 Å². The summed E-state index contributed by atoms with van der Waals surface area (Å²) in [5, 5.41) is 3.46. The molecular formula is C14H14BrN. The first-order chi connectivity index (χ1) is 7.75. The Hall–Kier alpha value is -1.28. The molecule has 0 aliphatic carbocycles. The third-order valence-corrected chi connectivity index (χ3v) is 3.06. The number of halogens is 1. The Labute approximate surface area is 105 Å². The van der Waals surface area contributed by atoms with E-state index in [1.54, 1.807) is 0 Å². The number of anilines is 1. The van der Waals surface area contributed by atoms with Crippen LogP contribution in [0.5, 0.6) is 0 Å². The lowest BCUT2D eigenvalue weighted by Gasteiger charge is -2.15. The molecule has 0 aliphatic heterocycles. The van der Waals surface area contributed by atoms with E-state index < -0.39 is 0 Å². The third-order valence-electron chi connectivity index (χ3n) is 2.53. The van der Waals surface area contributed by atoms with Gasteiger partial charge in [0.2, 0.25) is 0 Å². The van der Waals surface area contributed by atoms with Crippen molar-refractivity contribution in [3.63, 3.8) is 0 Å². The molecule has 0 radical (unpaired) electrons. The van der Waals surface area contributed by atoms with Crippen molar-refractivity contribution in [3.8, 4) is 0 Å². The zero-order chi connectivity index (χ0) is 11.4. The van der Waals surface area contributed by atoms with E-state index in [2.05, 4.69) is 64.6 Å². The Kier molecular flexibility index (Phi) is 3.62. The molecule has 0 spiro atoms. The fourth-order valence-electron chi connectivity index (χ4n) is 1.62. The fraction of sp³-hybridized carbons (Fsp3) is 0.143. The second-order valence-electron chi connectivity index (χ2n) is 3.78. The van der Waals surface area contributed by atoms with E-state index in [0.29, 0.717) is 6.04 Å². The highest BCUT2D eigenvalue weighted by molar-refractivity contribution is 9.10. The van der Waals surface area contributed by atoms with Gasteiger partial charge < -0.3 is 5.32 Å². The van der Waals surface area contributed by atoms with Crippen molar-refractivity contribution in [1.29, 1.82) is 0 Å². The number of hydrogen-bond donors (Lipinski definition) is 1. The maximum atomic E-state index is 3.46. The molecule has 1 unspecified atom stereocenters. The van der Waals surface area contributed by atoms with Crippen LogP contribution in [0, 0.1) is 0 Å². The van der Waals surface area contributed by atoms with Crippen molar-refractivity contribution in [2.24, 2.45) is 0 Å². The molecule has 0 saturated heterocycles. The summed E-state index contributed by atoms with van der Waals surface area (Å²) in [5.41, 5.74) is 2.44. The smallest absolute Gasteiger partial charge is 0.0485 e. The maximum Gasteiger partial charge on any atom is 0.0485 e. The highest BCUT2D eigenvalue weighted by Gasteiger charge is 2.04. The summed E-state index contributed by atoms with van der Waals surface area (Å²) in [7, 11) is 0. The van der Waals surface area contributed by atoms with Crippen LogP contribution in [-0.2, 0) is 0 Å². The van der Waals surface area contributed by atoms with Crippen molar-refractivity contribution in [2.45, 2.75) is 13.0 Å². The quantitative estimate of drug-likeness (QED) is 0.862. The Bertz CT molecular complexity index is 436. The van der Waals surface area contributed by atoms with E-state index in [1.807, 2.05) is 18.2 Å². The molecule has 1 atom stereocenters. The second kappa shape index (κ2) is 5.17. The first kappa shape index (κ1) is 11.2. The lowest BCUT2D eigenvalue weighted by atomic mass is 10.1. The monoisotopic (exact) mass is 275 g/mol. The van der Waals surface area contributed by atoms with Gasteiger partial charge in [-0.2, -0.15) is 0 Å². The van der Waals surface area contributed by atoms with Crippen molar-refractivity contribution in [2.75, 3.05) is 5.32 Å². The van der Waals surface area contributed by atoms with Crippen molar-refractivity contribution < 1.29 is 0 Å². The van der Waals surface area contributed by atoms with Crippen LogP contribution in [0.15, 0.2) is 59.1 Å². The lowest BCUT2D eigenvalue weighted by Crippen LogP contribution is -2.05. The summed E-state index contributed by atoms with van der Waals surface area (Å²) < 4.78 is 1.11. The molecule has 2 aromatic carbocycles. The number of benzene rings is 2. The van der Waals surface area contributed by atoms with Crippen LogP contribution < -0.4 is 5.32 Å². The van der Waals surface area contributed by atoms with Crippen LogP contribution in [0.25, 0.3) is 0 Å². The molecular weight excluding hydrogens is 262 g/mol. The van der Waals surface area contributed by atoms with Gasteiger partial charge in [0.25, 0.3) is 0 Å². The normalized spacial score (nSPS) is 12.1. The average molecular weight is 276 g/mol. The van der Waals surface area contributed by atoms with E-state index in [9.17, 15) is 0 Å². The SMILES string of the molecule is CC(Nc1ccccc1)c1ccc(Br)cc1. The molecule has 1 nitrogen and oxygen atoms in total. The van der Waals surface area contributed by atoms with Crippen LogP contribution in [-0.4, -0.2) is 0 Å².